The average Bonchev–Trinajstić information content (AvgIpc) is 3.16. The van der Waals surface area contributed by atoms with Gasteiger partial charge in [-0.1, -0.05) is 30.3 Å². The van der Waals surface area contributed by atoms with E-state index in [1.807, 2.05) is 24.3 Å². The molecule has 7 heteroatoms. The molecule has 0 saturated heterocycles. The summed E-state index contributed by atoms with van der Waals surface area (Å²) in [4.78, 5) is 28.6. The quantitative estimate of drug-likeness (QED) is 0.740. The zero-order valence-electron chi connectivity index (χ0n) is 13.1. The van der Waals surface area contributed by atoms with E-state index in [1.54, 1.807) is 35.3 Å². The number of fused-ring (bicyclic) bond motifs is 1. The van der Waals surface area contributed by atoms with Crippen molar-refractivity contribution in [3.8, 4) is 5.69 Å². The zero-order chi connectivity index (χ0) is 17.2. The van der Waals surface area contributed by atoms with Crippen LogP contribution in [0.25, 0.3) is 5.69 Å². The SMILES string of the molecule is O=C1OC(C(=O)Nc2ccccc2-n2cncn2)Cc2ccccc21. The lowest BCUT2D eigenvalue weighted by molar-refractivity contribution is -0.125. The number of ether oxygens (including phenoxy) is 1. The van der Waals surface area contributed by atoms with Crippen molar-refractivity contribution < 1.29 is 14.3 Å². The zero-order valence-corrected chi connectivity index (χ0v) is 13.1. The van der Waals surface area contributed by atoms with Crippen LogP contribution in [0.2, 0.25) is 0 Å². The Morgan fingerprint density at radius 1 is 1.16 bits per heavy atom. The molecule has 1 amide bonds. The standard InChI is InChI=1S/C18H14N4O3/c23-17(16-9-12-5-1-2-6-13(12)18(24)25-16)21-14-7-3-4-8-15(14)22-11-19-10-20-22/h1-8,10-11,16H,9H2,(H,21,23). The molecular formula is C18H14N4O3. The highest BCUT2D eigenvalue weighted by atomic mass is 16.5. The van der Waals surface area contributed by atoms with Crippen LogP contribution in [0, 0.1) is 0 Å². The highest BCUT2D eigenvalue weighted by molar-refractivity contribution is 6.00. The molecule has 2 aromatic carbocycles. The van der Waals surface area contributed by atoms with Gasteiger partial charge in [0.15, 0.2) is 6.10 Å². The minimum atomic E-state index is -0.869. The fraction of sp³-hybridized carbons (Fsp3) is 0.111. The number of para-hydroxylation sites is 2. The van der Waals surface area contributed by atoms with E-state index in [1.165, 1.54) is 6.33 Å². The number of rotatable bonds is 3. The molecule has 25 heavy (non-hydrogen) atoms. The third kappa shape index (κ3) is 2.87. The number of hydrogen-bond acceptors (Lipinski definition) is 5. The molecule has 0 saturated carbocycles. The van der Waals surface area contributed by atoms with Crippen LogP contribution in [0.15, 0.2) is 61.2 Å². The van der Waals surface area contributed by atoms with Gasteiger partial charge in [0, 0.05) is 6.42 Å². The number of carbonyl (C=O) groups is 2. The van der Waals surface area contributed by atoms with Gasteiger partial charge in [-0.05, 0) is 23.8 Å². The van der Waals surface area contributed by atoms with Crippen LogP contribution in [-0.2, 0) is 16.0 Å². The number of esters is 1. The number of amides is 1. The van der Waals surface area contributed by atoms with Crippen LogP contribution in [0.1, 0.15) is 15.9 Å². The topological polar surface area (TPSA) is 86.1 Å². The third-order valence-electron chi connectivity index (χ3n) is 4.01. The Hall–Kier alpha value is -3.48. The molecule has 1 atom stereocenters. The lowest BCUT2D eigenvalue weighted by Gasteiger charge is -2.24. The Morgan fingerprint density at radius 3 is 2.80 bits per heavy atom. The molecule has 2 heterocycles. The molecule has 1 unspecified atom stereocenters. The number of carbonyl (C=O) groups excluding carboxylic acids is 2. The van der Waals surface area contributed by atoms with E-state index in [0.29, 0.717) is 23.4 Å². The normalized spacial score (nSPS) is 16.0. The van der Waals surface area contributed by atoms with Crippen molar-refractivity contribution >= 4 is 17.6 Å². The van der Waals surface area contributed by atoms with Gasteiger partial charge in [0.25, 0.3) is 5.91 Å². The van der Waals surface area contributed by atoms with Crippen LogP contribution in [0.3, 0.4) is 0 Å². The fourth-order valence-electron chi connectivity index (χ4n) is 2.80. The van der Waals surface area contributed by atoms with E-state index in [4.69, 9.17) is 4.74 Å². The largest absolute Gasteiger partial charge is 0.448 e. The second kappa shape index (κ2) is 6.20. The summed E-state index contributed by atoms with van der Waals surface area (Å²) in [5.74, 6) is -0.859. The Morgan fingerprint density at radius 2 is 1.96 bits per heavy atom. The van der Waals surface area contributed by atoms with Gasteiger partial charge in [-0.25, -0.2) is 14.5 Å². The van der Waals surface area contributed by atoms with Crippen molar-refractivity contribution in [3.63, 3.8) is 0 Å². The molecule has 1 aliphatic rings. The van der Waals surface area contributed by atoms with E-state index in [9.17, 15) is 9.59 Å². The second-order valence-corrected chi connectivity index (χ2v) is 5.60. The van der Waals surface area contributed by atoms with Gasteiger partial charge in [-0.15, -0.1) is 0 Å². The van der Waals surface area contributed by atoms with Gasteiger partial charge in [0.2, 0.25) is 0 Å². The van der Waals surface area contributed by atoms with Gasteiger partial charge in [-0.3, -0.25) is 4.79 Å². The van der Waals surface area contributed by atoms with Crippen LogP contribution >= 0.6 is 0 Å². The summed E-state index contributed by atoms with van der Waals surface area (Å²) < 4.78 is 6.84. The van der Waals surface area contributed by atoms with E-state index in [-0.39, 0.29) is 5.91 Å². The number of anilines is 1. The van der Waals surface area contributed by atoms with Crippen LogP contribution < -0.4 is 5.32 Å². The predicted molar refractivity (Wildman–Crippen MR) is 89.3 cm³/mol. The third-order valence-corrected chi connectivity index (χ3v) is 4.01. The first-order valence-electron chi connectivity index (χ1n) is 7.76. The lowest BCUT2D eigenvalue weighted by atomic mass is 9.98. The lowest BCUT2D eigenvalue weighted by Crippen LogP contribution is -2.38. The van der Waals surface area contributed by atoms with Gasteiger partial charge < -0.3 is 10.1 Å². The Kier molecular flexibility index (Phi) is 3.74. The smallest absolute Gasteiger partial charge is 0.339 e. The summed E-state index contributed by atoms with van der Waals surface area (Å²) in [7, 11) is 0. The Bertz CT molecular complexity index is 937. The molecule has 0 aliphatic carbocycles. The highest BCUT2D eigenvalue weighted by Crippen LogP contribution is 2.23. The first kappa shape index (κ1) is 15.1. The molecule has 1 N–H and O–H groups in total. The van der Waals surface area contributed by atoms with Crippen molar-refractivity contribution in [2.24, 2.45) is 0 Å². The molecule has 124 valence electrons. The average molecular weight is 334 g/mol. The van der Waals surface area contributed by atoms with Gasteiger partial charge >= 0.3 is 5.97 Å². The number of cyclic esters (lactones) is 1. The van der Waals surface area contributed by atoms with Crippen LogP contribution in [0.4, 0.5) is 5.69 Å². The first-order chi connectivity index (χ1) is 12.2. The van der Waals surface area contributed by atoms with Crippen molar-refractivity contribution in [2.45, 2.75) is 12.5 Å². The maximum Gasteiger partial charge on any atom is 0.339 e. The number of benzene rings is 2. The number of aromatic nitrogens is 3. The monoisotopic (exact) mass is 334 g/mol. The molecule has 7 nitrogen and oxygen atoms in total. The fourth-order valence-corrected chi connectivity index (χ4v) is 2.80. The number of nitrogens with zero attached hydrogens (tertiary/aromatic N) is 3. The summed E-state index contributed by atoms with van der Waals surface area (Å²) in [6, 6.07) is 14.4. The maximum absolute atomic E-state index is 12.6. The van der Waals surface area contributed by atoms with E-state index < -0.39 is 12.1 Å². The summed E-state index contributed by atoms with van der Waals surface area (Å²) in [6.07, 6.45) is 2.44. The molecule has 0 bridgehead atoms. The minimum Gasteiger partial charge on any atom is -0.448 e. The van der Waals surface area contributed by atoms with Crippen LogP contribution in [0.5, 0.6) is 0 Å². The van der Waals surface area contributed by atoms with Crippen molar-refractivity contribution in [1.29, 1.82) is 0 Å². The van der Waals surface area contributed by atoms with E-state index in [2.05, 4.69) is 15.4 Å². The Balaban J connectivity index is 1.57. The summed E-state index contributed by atoms with van der Waals surface area (Å²) in [5.41, 5.74) is 2.56. The van der Waals surface area contributed by atoms with Crippen molar-refractivity contribution in [3.05, 3.63) is 72.3 Å². The Labute approximate surface area is 143 Å². The molecule has 1 aromatic heterocycles. The summed E-state index contributed by atoms with van der Waals surface area (Å²) in [6.45, 7) is 0. The molecule has 1 aliphatic heterocycles. The van der Waals surface area contributed by atoms with Gasteiger partial charge in [0.1, 0.15) is 12.7 Å². The molecular weight excluding hydrogens is 320 g/mol. The number of hydrogen-bond donors (Lipinski definition) is 1. The van der Waals surface area contributed by atoms with Crippen LogP contribution in [-0.4, -0.2) is 32.7 Å². The second-order valence-electron chi connectivity index (χ2n) is 5.60. The van der Waals surface area contributed by atoms with Gasteiger partial charge in [-0.2, -0.15) is 5.10 Å². The molecule has 4 rings (SSSR count). The first-order valence-corrected chi connectivity index (χ1v) is 7.76. The molecule has 0 spiro atoms. The highest BCUT2D eigenvalue weighted by Gasteiger charge is 2.31. The molecule has 3 aromatic rings. The molecule has 0 fully saturated rings. The van der Waals surface area contributed by atoms with Gasteiger partial charge in [0.05, 0.1) is 16.9 Å². The van der Waals surface area contributed by atoms with E-state index >= 15 is 0 Å². The van der Waals surface area contributed by atoms with E-state index in [0.717, 1.165) is 5.56 Å². The summed E-state index contributed by atoms with van der Waals surface area (Å²) in [5, 5.41) is 6.89. The van der Waals surface area contributed by atoms with Crippen molar-refractivity contribution in [1.82, 2.24) is 14.8 Å². The predicted octanol–water partition coefficient (Wildman–Crippen LogP) is 1.99. The minimum absolute atomic E-state index is 0.346. The maximum atomic E-state index is 12.6. The number of nitrogens with one attached hydrogen (secondary N) is 1. The molecule has 0 radical (unpaired) electrons. The summed E-state index contributed by atoms with van der Waals surface area (Å²) >= 11 is 0. The van der Waals surface area contributed by atoms with Crippen molar-refractivity contribution in [2.75, 3.05) is 5.32 Å².